The van der Waals surface area contributed by atoms with Crippen molar-refractivity contribution in [1.82, 2.24) is 9.55 Å². The summed E-state index contributed by atoms with van der Waals surface area (Å²) in [6.45, 7) is 5.48. The van der Waals surface area contributed by atoms with Crippen LogP contribution in [0, 0.1) is 12.7 Å². The van der Waals surface area contributed by atoms with Gasteiger partial charge in [-0.25, -0.2) is 9.18 Å². The van der Waals surface area contributed by atoms with E-state index in [4.69, 9.17) is 4.74 Å². The Hall–Kier alpha value is -2.50. The van der Waals surface area contributed by atoms with Crippen LogP contribution in [0.2, 0.25) is 0 Å². The van der Waals surface area contributed by atoms with Crippen molar-refractivity contribution in [2.45, 2.75) is 33.2 Å². The number of hydrogen-bond acceptors (Lipinski definition) is 4. The molecule has 6 heteroatoms. The van der Waals surface area contributed by atoms with Crippen molar-refractivity contribution in [3.63, 3.8) is 0 Å². The number of aryl methyl sites for hydroxylation is 1. The highest BCUT2D eigenvalue weighted by Gasteiger charge is 2.29. The van der Waals surface area contributed by atoms with Gasteiger partial charge in [-0.3, -0.25) is 9.78 Å². The van der Waals surface area contributed by atoms with Crippen LogP contribution in [0.15, 0.2) is 23.1 Å². The highest BCUT2D eigenvalue weighted by molar-refractivity contribution is 5.89. The molecule has 0 radical (unpaired) electrons. The zero-order valence-electron chi connectivity index (χ0n) is 13.2. The second-order valence-corrected chi connectivity index (χ2v) is 5.68. The standard InChI is InChI=1S/C17H17FN2O3/c1-4-23-17(22)12-8-20-10(3)7-11-6-5-9(2)19-14(11)15(20)13(18)16(12)21/h5-6,8,10H,4,7H2,1-3H3/t10-/m1/s1. The van der Waals surface area contributed by atoms with E-state index in [1.54, 1.807) is 11.5 Å². The van der Waals surface area contributed by atoms with Gasteiger partial charge in [0.25, 0.3) is 0 Å². The van der Waals surface area contributed by atoms with E-state index in [9.17, 15) is 14.0 Å². The molecule has 1 atom stereocenters. The fraction of sp³-hybridized carbons (Fsp3) is 0.353. The molecule has 0 spiro atoms. The quantitative estimate of drug-likeness (QED) is 0.799. The highest BCUT2D eigenvalue weighted by atomic mass is 19.1. The number of halogens is 1. The van der Waals surface area contributed by atoms with Crippen molar-refractivity contribution in [3.05, 3.63) is 51.2 Å². The maximum atomic E-state index is 14.7. The van der Waals surface area contributed by atoms with E-state index in [1.807, 2.05) is 26.0 Å². The summed E-state index contributed by atoms with van der Waals surface area (Å²) in [5.74, 6) is -1.76. The lowest BCUT2D eigenvalue weighted by Gasteiger charge is -2.28. The second kappa shape index (κ2) is 5.61. The number of pyridine rings is 2. The van der Waals surface area contributed by atoms with Gasteiger partial charge in [-0.1, -0.05) is 6.07 Å². The molecular formula is C17H17FN2O3. The molecule has 3 heterocycles. The lowest BCUT2D eigenvalue weighted by molar-refractivity contribution is 0.0523. The molecule has 3 rings (SSSR count). The van der Waals surface area contributed by atoms with E-state index in [-0.39, 0.29) is 23.9 Å². The minimum Gasteiger partial charge on any atom is -0.462 e. The summed E-state index contributed by atoms with van der Waals surface area (Å²) in [5, 5.41) is 0. The summed E-state index contributed by atoms with van der Waals surface area (Å²) in [6, 6.07) is 3.68. The van der Waals surface area contributed by atoms with Crippen LogP contribution in [0.4, 0.5) is 4.39 Å². The number of fused-ring (bicyclic) bond motifs is 3. The molecule has 0 N–H and O–H groups in total. The molecule has 0 saturated heterocycles. The van der Waals surface area contributed by atoms with Crippen LogP contribution in [0.25, 0.3) is 11.4 Å². The van der Waals surface area contributed by atoms with Gasteiger partial charge >= 0.3 is 5.97 Å². The summed E-state index contributed by atoms with van der Waals surface area (Å²) in [4.78, 5) is 28.5. The molecule has 0 bridgehead atoms. The topological polar surface area (TPSA) is 61.2 Å². The van der Waals surface area contributed by atoms with E-state index < -0.39 is 17.2 Å². The molecule has 1 aliphatic rings. The Bertz CT molecular complexity index is 858. The van der Waals surface area contributed by atoms with Crippen molar-refractivity contribution < 1.29 is 13.9 Å². The first-order valence-electron chi connectivity index (χ1n) is 7.52. The van der Waals surface area contributed by atoms with Gasteiger partial charge in [-0.2, -0.15) is 0 Å². The van der Waals surface area contributed by atoms with Crippen LogP contribution in [0.5, 0.6) is 0 Å². The molecule has 2 aromatic rings. The van der Waals surface area contributed by atoms with E-state index >= 15 is 0 Å². The summed E-state index contributed by atoms with van der Waals surface area (Å²) in [5.41, 5.74) is 1.01. The van der Waals surface area contributed by atoms with Crippen LogP contribution < -0.4 is 5.43 Å². The number of rotatable bonds is 2. The zero-order chi connectivity index (χ0) is 16.7. The van der Waals surface area contributed by atoms with E-state index in [0.717, 1.165) is 11.3 Å². The molecule has 1 aliphatic heterocycles. The number of ether oxygens (including phenoxy) is 1. The monoisotopic (exact) mass is 316 g/mol. The van der Waals surface area contributed by atoms with Crippen molar-refractivity contribution in [2.24, 2.45) is 0 Å². The fourth-order valence-electron chi connectivity index (χ4n) is 2.90. The van der Waals surface area contributed by atoms with Crippen LogP contribution in [-0.2, 0) is 11.2 Å². The molecule has 0 aromatic carbocycles. The normalized spacial score (nSPS) is 15.7. The predicted octanol–water partition coefficient (Wildman–Crippen LogP) is 2.65. The summed E-state index contributed by atoms with van der Waals surface area (Å²) in [6.07, 6.45) is 2.04. The molecule has 23 heavy (non-hydrogen) atoms. The van der Waals surface area contributed by atoms with Gasteiger partial charge in [0.05, 0.1) is 12.3 Å². The lowest BCUT2D eigenvalue weighted by Crippen LogP contribution is -2.29. The molecule has 120 valence electrons. The van der Waals surface area contributed by atoms with Crippen molar-refractivity contribution in [1.29, 1.82) is 0 Å². The van der Waals surface area contributed by atoms with Crippen LogP contribution >= 0.6 is 0 Å². The Kier molecular flexibility index (Phi) is 3.75. The first-order valence-corrected chi connectivity index (χ1v) is 7.52. The van der Waals surface area contributed by atoms with Crippen molar-refractivity contribution in [3.8, 4) is 11.4 Å². The minimum absolute atomic E-state index is 0.0923. The van der Waals surface area contributed by atoms with Crippen LogP contribution in [-0.4, -0.2) is 22.1 Å². The van der Waals surface area contributed by atoms with Crippen molar-refractivity contribution in [2.75, 3.05) is 6.61 Å². The SMILES string of the molecule is CCOC(=O)c1cn2c(c(F)c1=O)-c1nc(C)ccc1C[C@H]2C. The average molecular weight is 316 g/mol. The number of carbonyl (C=O) groups excluding carboxylic acids is 1. The Morgan fingerprint density at radius 1 is 1.48 bits per heavy atom. The Morgan fingerprint density at radius 2 is 2.22 bits per heavy atom. The van der Waals surface area contributed by atoms with Crippen LogP contribution in [0.3, 0.4) is 0 Å². The molecule has 5 nitrogen and oxygen atoms in total. The first-order chi connectivity index (χ1) is 10.9. The van der Waals surface area contributed by atoms with Crippen molar-refractivity contribution >= 4 is 5.97 Å². The zero-order valence-corrected chi connectivity index (χ0v) is 13.2. The minimum atomic E-state index is -0.957. The third kappa shape index (κ3) is 2.44. The third-order valence-corrected chi connectivity index (χ3v) is 4.01. The smallest absolute Gasteiger partial charge is 0.343 e. The van der Waals surface area contributed by atoms with Gasteiger partial charge in [0.15, 0.2) is 5.82 Å². The lowest BCUT2D eigenvalue weighted by atomic mass is 9.96. The van der Waals surface area contributed by atoms with Crippen LogP contribution in [0.1, 0.15) is 41.5 Å². The molecular weight excluding hydrogens is 299 g/mol. The van der Waals surface area contributed by atoms with Gasteiger partial charge in [0, 0.05) is 17.9 Å². The average Bonchev–Trinajstić information content (AvgIpc) is 2.51. The molecule has 0 fully saturated rings. The molecule has 2 aromatic heterocycles. The predicted molar refractivity (Wildman–Crippen MR) is 83.0 cm³/mol. The van der Waals surface area contributed by atoms with E-state index in [2.05, 4.69) is 4.98 Å². The summed E-state index contributed by atoms with van der Waals surface area (Å²) < 4.78 is 21.2. The number of hydrogen-bond donors (Lipinski definition) is 0. The highest BCUT2D eigenvalue weighted by Crippen LogP contribution is 2.34. The number of esters is 1. The van der Waals surface area contributed by atoms with Gasteiger partial charge in [0.2, 0.25) is 5.43 Å². The van der Waals surface area contributed by atoms with Gasteiger partial charge in [-0.05, 0) is 38.8 Å². The maximum absolute atomic E-state index is 14.7. The third-order valence-electron chi connectivity index (χ3n) is 4.01. The van der Waals surface area contributed by atoms with Gasteiger partial charge in [-0.15, -0.1) is 0 Å². The summed E-state index contributed by atoms with van der Waals surface area (Å²) >= 11 is 0. The number of aromatic nitrogens is 2. The van der Waals surface area contributed by atoms with Gasteiger partial charge < -0.3 is 9.30 Å². The Morgan fingerprint density at radius 3 is 2.91 bits per heavy atom. The Labute approximate surface area is 132 Å². The van der Waals surface area contributed by atoms with E-state index in [1.165, 1.54) is 6.20 Å². The van der Waals surface area contributed by atoms with E-state index in [0.29, 0.717) is 12.1 Å². The maximum Gasteiger partial charge on any atom is 0.343 e. The Balaban J connectivity index is 2.29. The fourth-order valence-corrected chi connectivity index (χ4v) is 2.90. The molecule has 0 saturated carbocycles. The largest absolute Gasteiger partial charge is 0.462 e. The van der Waals surface area contributed by atoms with Gasteiger partial charge in [0.1, 0.15) is 11.3 Å². The number of carbonyl (C=O) groups is 1. The molecule has 0 aliphatic carbocycles. The summed E-state index contributed by atoms with van der Waals surface area (Å²) in [7, 11) is 0. The number of nitrogens with zero attached hydrogens (tertiary/aromatic N) is 2. The first kappa shape index (κ1) is 15.4. The second-order valence-electron chi connectivity index (χ2n) is 5.68. The molecule has 0 amide bonds. The molecule has 0 unspecified atom stereocenters.